The van der Waals surface area contributed by atoms with Crippen molar-refractivity contribution in [3.8, 4) is 5.75 Å². The monoisotopic (exact) mass is 357 g/mol. The van der Waals surface area contributed by atoms with E-state index in [1.165, 1.54) is 0 Å². The molecular formula is C18H19N3O3S. The first kappa shape index (κ1) is 16.3. The molecule has 0 amide bonds. The van der Waals surface area contributed by atoms with Crippen molar-refractivity contribution in [2.75, 3.05) is 18.5 Å². The molecule has 2 N–H and O–H groups in total. The zero-order valence-electron chi connectivity index (χ0n) is 13.6. The summed E-state index contributed by atoms with van der Waals surface area (Å²) in [5.41, 5.74) is 1.81. The number of aliphatic hydroxyl groups is 1. The van der Waals surface area contributed by atoms with Gasteiger partial charge in [-0.1, -0.05) is 12.1 Å². The molecule has 25 heavy (non-hydrogen) atoms. The number of nitrogens with zero attached hydrogens (tertiary/aromatic N) is 2. The number of hydrogen-bond donors (Lipinski definition) is 2. The number of nitrogens with one attached hydrogen (secondary N) is 1. The van der Waals surface area contributed by atoms with Gasteiger partial charge in [0.25, 0.3) is 0 Å². The van der Waals surface area contributed by atoms with Crippen LogP contribution in [-0.4, -0.2) is 40.4 Å². The highest BCUT2D eigenvalue weighted by molar-refractivity contribution is 7.17. The van der Waals surface area contributed by atoms with Gasteiger partial charge in [-0.15, -0.1) is 11.3 Å². The topological polar surface area (TPSA) is 76.5 Å². The maximum absolute atomic E-state index is 9.15. The molecule has 1 aliphatic heterocycles. The molecule has 130 valence electrons. The third-order valence-electron chi connectivity index (χ3n) is 4.25. The molecule has 1 aromatic carbocycles. The minimum Gasteiger partial charge on any atom is -0.488 e. The third-order valence-corrected chi connectivity index (χ3v) is 5.16. The molecule has 0 aliphatic carbocycles. The standard InChI is InChI=1S/C18H19N3O3S/c22-9-12-1-3-13(4-2-12)24-16-5-7-23-10-15(16)21-18-17-14(6-8-25-17)19-11-20-18/h1-4,6,8,11,15-16,22H,5,7,9-10H2,(H,19,20,21)/t15-,16-/m1/s1. The van der Waals surface area contributed by atoms with Gasteiger partial charge in [0.1, 0.15) is 24.0 Å². The molecule has 4 rings (SSSR count). The smallest absolute Gasteiger partial charge is 0.147 e. The van der Waals surface area contributed by atoms with Crippen LogP contribution in [0.2, 0.25) is 0 Å². The van der Waals surface area contributed by atoms with Crippen LogP contribution in [0.25, 0.3) is 10.2 Å². The third kappa shape index (κ3) is 3.58. The second kappa shape index (κ2) is 7.35. The van der Waals surface area contributed by atoms with Gasteiger partial charge in [0, 0.05) is 6.42 Å². The van der Waals surface area contributed by atoms with E-state index < -0.39 is 0 Å². The summed E-state index contributed by atoms with van der Waals surface area (Å²) in [6.07, 6.45) is 2.36. The van der Waals surface area contributed by atoms with Crippen molar-refractivity contribution in [3.05, 3.63) is 47.6 Å². The molecule has 3 aromatic rings. The van der Waals surface area contributed by atoms with E-state index in [-0.39, 0.29) is 18.8 Å². The van der Waals surface area contributed by atoms with Gasteiger partial charge >= 0.3 is 0 Å². The molecule has 1 saturated heterocycles. The van der Waals surface area contributed by atoms with E-state index in [2.05, 4.69) is 15.3 Å². The summed E-state index contributed by atoms with van der Waals surface area (Å²) in [5.74, 6) is 1.61. The number of fused-ring (bicyclic) bond motifs is 1. The lowest BCUT2D eigenvalue weighted by Gasteiger charge is -2.32. The Balaban J connectivity index is 1.51. The first-order chi connectivity index (χ1) is 12.3. The Morgan fingerprint density at radius 1 is 1.24 bits per heavy atom. The van der Waals surface area contributed by atoms with Crippen LogP contribution in [0.1, 0.15) is 12.0 Å². The van der Waals surface area contributed by atoms with Gasteiger partial charge in [0.15, 0.2) is 0 Å². The fourth-order valence-corrected chi connectivity index (χ4v) is 3.71. The van der Waals surface area contributed by atoms with E-state index in [0.717, 1.165) is 33.8 Å². The van der Waals surface area contributed by atoms with Crippen molar-refractivity contribution in [3.63, 3.8) is 0 Å². The number of benzene rings is 1. The van der Waals surface area contributed by atoms with Crippen LogP contribution < -0.4 is 10.1 Å². The van der Waals surface area contributed by atoms with E-state index in [1.807, 2.05) is 35.7 Å². The largest absolute Gasteiger partial charge is 0.488 e. The van der Waals surface area contributed by atoms with Gasteiger partial charge in [-0.2, -0.15) is 0 Å². The highest BCUT2D eigenvalue weighted by Gasteiger charge is 2.28. The molecule has 0 spiro atoms. The molecule has 2 aromatic heterocycles. The van der Waals surface area contributed by atoms with Crippen molar-refractivity contribution >= 4 is 27.4 Å². The number of ether oxygens (including phenoxy) is 2. The highest BCUT2D eigenvalue weighted by atomic mass is 32.1. The summed E-state index contributed by atoms with van der Waals surface area (Å²) in [6, 6.07) is 9.51. The van der Waals surface area contributed by atoms with E-state index in [0.29, 0.717) is 13.2 Å². The summed E-state index contributed by atoms with van der Waals surface area (Å²) in [4.78, 5) is 8.66. The summed E-state index contributed by atoms with van der Waals surface area (Å²) in [5, 5.41) is 14.6. The van der Waals surface area contributed by atoms with E-state index in [9.17, 15) is 0 Å². The molecule has 0 radical (unpaired) electrons. The van der Waals surface area contributed by atoms with Gasteiger partial charge < -0.3 is 19.9 Å². The number of aromatic nitrogens is 2. The lowest BCUT2D eigenvalue weighted by atomic mass is 10.1. The number of anilines is 1. The maximum Gasteiger partial charge on any atom is 0.147 e. The van der Waals surface area contributed by atoms with Crippen molar-refractivity contribution < 1.29 is 14.6 Å². The molecule has 1 fully saturated rings. The number of aliphatic hydroxyl groups excluding tert-OH is 1. The molecule has 0 bridgehead atoms. The summed E-state index contributed by atoms with van der Waals surface area (Å²) in [6.45, 7) is 1.28. The number of thiophene rings is 1. The van der Waals surface area contributed by atoms with Crippen molar-refractivity contribution in [1.29, 1.82) is 0 Å². The molecule has 3 heterocycles. The molecule has 1 aliphatic rings. The molecule has 0 saturated carbocycles. The zero-order chi connectivity index (χ0) is 17.1. The maximum atomic E-state index is 9.15. The normalized spacial score (nSPS) is 20.5. The quantitative estimate of drug-likeness (QED) is 0.731. The van der Waals surface area contributed by atoms with Crippen LogP contribution in [0.5, 0.6) is 5.75 Å². The molecule has 0 unspecified atom stereocenters. The van der Waals surface area contributed by atoms with Crippen LogP contribution in [0.15, 0.2) is 42.0 Å². The number of rotatable bonds is 5. The lowest BCUT2D eigenvalue weighted by Crippen LogP contribution is -2.45. The Bertz CT molecular complexity index is 837. The van der Waals surface area contributed by atoms with Crippen molar-refractivity contribution in [2.24, 2.45) is 0 Å². The lowest BCUT2D eigenvalue weighted by molar-refractivity contribution is 0.0147. The fourth-order valence-electron chi connectivity index (χ4n) is 2.91. The first-order valence-electron chi connectivity index (χ1n) is 8.22. The first-order valence-corrected chi connectivity index (χ1v) is 9.10. The zero-order valence-corrected chi connectivity index (χ0v) is 14.4. The summed E-state index contributed by atoms with van der Waals surface area (Å²) >= 11 is 1.62. The van der Waals surface area contributed by atoms with Crippen LogP contribution in [0.3, 0.4) is 0 Å². The Kier molecular flexibility index (Phi) is 4.78. The van der Waals surface area contributed by atoms with Crippen LogP contribution in [0.4, 0.5) is 5.82 Å². The molecule has 6 nitrogen and oxygen atoms in total. The Hall–Kier alpha value is -2.22. The molecule has 2 atom stereocenters. The molecule has 7 heteroatoms. The van der Waals surface area contributed by atoms with Crippen LogP contribution >= 0.6 is 11.3 Å². The van der Waals surface area contributed by atoms with Crippen molar-refractivity contribution in [1.82, 2.24) is 9.97 Å². The minimum absolute atomic E-state index is 0.00599. The van der Waals surface area contributed by atoms with E-state index in [1.54, 1.807) is 17.7 Å². The predicted octanol–water partition coefficient (Wildman–Crippen LogP) is 2.83. The van der Waals surface area contributed by atoms with Gasteiger partial charge in [-0.3, -0.25) is 0 Å². The van der Waals surface area contributed by atoms with E-state index in [4.69, 9.17) is 14.6 Å². The van der Waals surface area contributed by atoms with Gasteiger partial charge in [0.05, 0.1) is 36.1 Å². The minimum atomic E-state index is -0.0151. The fraction of sp³-hybridized carbons (Fsp3) is 0.333. The predicted molar refractivity (Wildman–Crippen MR) is 97.0 cm³/mol. The van der Waals surface area contributed by atoms with Gasteiger partial charge in [0.2, 0.25) is 0 Å². The van der Waals surface area contributed by atoms with Gasteiger partial charge in [-0.05, 0) is 29.1 Å². The van der Waals surface area contributed by atoms with Crippen LogP contribution in [-0.2, 0) is 11.3 Å². The van der Waals surface area contributed by atoms with Crippen molar-refractivity contribution in [2.45, 2.75) is 25.2 Å². The second-order valence-corrected chi connectivity index (χ2v) is 6.85. The van der Waals surface area contributed by atoms with E-state index >= 15 is 0 Å². The Labute approximate surface area is 149 Å². The Morgan fingerprint density at radius 3 is 2.96 bits per heavy atom. The number of hydrogen-bond acceptors (Lipinski definition) is 7. The summed E-state index contributed by atoms with van der Waals surface area (Å²) in [7, 11) is 0. The average Bonchev–Trinajstić information content (AvgIpc) is 3.14. The van der Waals surface area contributed by atoms with Crippen LogP contribution in [0, 0.1) is 0 Å². The van der Waals surface area contributed by atoms with Gasteiger partial charge in [-0.25, -0.2) is 9.97 Å². The molecular weight excluding hydrogens is 338 g/mol. The average molecular weight is 357 g/mol. The highest BCUT2D eigenvalue weighted by Crippen LogP contribution is 2.27. The SMILES string of the molecule is OCc1ccc(O[C@@H]2CCOC[C@H]2Nc2ncnc3ccsc23)cc1. The second-order valence-electron chi connectivity index (χ2n) is 5.93. The summed E-state index contributed by atoms with van der Waals surface area (Å²) < 4.78 is 12.8. The Morgan fingerprint density at radius 2 is 2.12 bits per heavy atom.